The maximum Gasteiger partial charge on any atom is 0.326 e. The minimum Gasteiger partial charge on any atom is -0.480 e. The molecule has 0 aromatic carbocycles. The van der Waals surface area contributed by atoms with Crippen molar-refractivity contribution in [3.63, 3.8) is 0 Å². The molecular weight excluding hydrogens is 482 g/mol. The molecule has 0 fully saturated rings. The predicted molar refractivity (Wildman–Crippen MR) is 138 cm³/mol. The lowest BCUT2D eigenvalue weighted by Crippen LogP contribution is -2.59. The monoisotopic (exact) mass is 523 g/mol. The molecule has 1 aromatic heterocycles. The first-order chi connectivity index (χ1) is 17.4. The summed E-state index contributed by atoms with van der Waals surface area (Å²) < 4.78 is 0. The molecule has 0 saturated heterocycles. The summed E-state index contributed by atoms with van der Waals surface area (Å²) in [6, 6.07) is -4.13. The number of carboxylic acids is 1. The largest absolute Gasteiger partial charge is 0.480 e. The first-order valence-corrected chi connectivity index (χ1v) is 12.3. The highest BCUT2D eigenvalue weighted by atomic mass is 16.4. The average molecular weight is 524 g/mol. The van der Waals surface area contributed by atoms with Crippen molar-refractivity contribution >= 4 is 29.7 Å². The number of guanidine groups is 1. The summed E-state index contributed by atoms with van der Waals surface area (Å²) in [6.45, 7) is 7.29. The zero-order chi connectivity index (χ0) is 28.1. The minimum atomic E-state index is -1.19. The lowest BCUT2D eigenvalue weighted by atomic mass is 9.96. The number of nitrogens with zero attached hydrogens (tertiary/aromatic N) is 2. The molecule has 0 saturated carbocycles. The van der Waals surface area contributed by atoms with Gasteiger partial charge in [0.2, 0.25) is 17.7 Å². The van der Waals surface area contributed by atoms with Crippen molar-refractivity contribution in [1.29, 1.82) is 0 Å². The van der Waals surface area contributed by atoms with E-state index in [1.54, 1.807) is 20.8 Å². The van der Waals surface area contributed by atoms with Gasteiger partial charge in [-0.2, -0.15) is 0 Å². The molecule has 11 N–H and O–H groups in total. The van der Waals surface area contributed by atoms with E-state index in [0.29, 0.717) is 31.5 Å². The van der Waals surface area contributed by atoms with Crippen molar-refractivity contribution in [3.05, 3.63) is 18.2 Å². The molecule has 0 aliphatic rings. The maximum absolute atomic E-state index is 13.3. The number of aliphatic carboxylic acids is 1. The third kappa shape index (κ3) is 10.9. The molecule has 37 heavy (non-hydrogen) atoms. The molecule has 14 nitrogen and oxygen atoms in total. The molecule has 3 amide bonds. The van der Waals surface area contributed by atoms with Gasteiger partial charge in [-0.1, -0.05) is 34.1 Å². The molecule has 0 bridgehead atoms. The van der Waals surface area contributed by atoms with Gasteiger partial charge in [0.05, 0.1) is 12.4 Å². The number of nitrogens with one attached hydrogen (secondary N) is 4. The van der Waals surface area contributed by atoms with Gasteiger partial charge in [-0.15, -0.1) is 0 Å². The molecule has 0 aliphatic heterocycles. The number of rotatable bonds is 16. The van der Waals surface area contributed by atoms with Gasteiger partial charge in [-0.25, -0.2) is 9.78 Å². The Morgan fingerprint density at radius 1 is 1.05 bits per heavy atom. The summed E-state index contributed by atoms with van der Waals surface area (Å²) in [5.74, 6) is -3.69. The maximum atomic E-state index is 13.3. The van der Waals surface area contributed by atoms with E-state index >= 15 is 0 Å². The van der Waals surface area contributed by atoms with E-state index in [9.17, 15) is 24.3 Å². The van der Waals surface area contributed by atoms with Gasteiger partial charge in [-0.3, -0.25) is 19.4 Å². The molecule has 14 heteroatoms. The van der Waals surface area contributed by atoms with E-state index < -0.39 is 47.9 Å². The highest BCUT2D eigenvalue weighted by Crippen LogP contribution is 2.11. The summed E-state index contributed by atoms with van der Waals surface area (Å²) in [6.07, 6.45) is 4.29. The van der Waals surface area contributed by atoms with E-state index in [1.807, 2.05) is 6.92 Å². The summed E-state index contributed by atoms with van der Waals surface area (Å²) in [5.41, 5.74) is 17.1. The molecule has 1 heterocycles. The fourth-order valence-electron chi connectivity index (χ4n) is 3.47. The zero-order valence-corrected chi connectivity index (χ0v) is 21.9. The Hall–Kier alpha value is -3.68. The van der Waals surface area contributed by atoms with Gasteiger partial charge >= 0.3 is 5.97 Å². The van der Waals surface area contributed by atoms with Crippen LogP contribution in [0.3, 0.4) is 0 Å². The van der Waals surface area contributed by atoms with Gasteiger partial charge in [0, 0.05) is 24.9 Å². The molecule has 5 unspecified atom stereocenters. The Balaban J connectivity index is 3.00. The van der Waals surface area contributed by atoms with Crippen LogP contribution in [-0.4, -0.2) is 75.4 Å². The molecule has 0 aliphatic carbocycles. The lowest BCUT2D eigenvalue weighted by molar-refractivity contribution is -0.143. The Morgan fingerprint density at radius 3 is 2.22 bits per heavy atom. The predicted octanol–water partition coefficient (Wildman–Crippen LogP) is -1.43. The number of nitrogens with two attached hydrogens (primary N) is 3. The number of imidazole rings is 1. The number of carboxylic acid groups (broad SMARTS) is 1. The number of amides is 3. The third-order valence-corrected chi connectivity index (χ3v) is 5.94. The molecule has 208 valence electrons. The van der Waals surface area contributed by atoms with E-state index in [-0.39, 0.29) is 24.2 Å². The molecule has 5 atom stereocenters. The Bertz CT molecular complexity index is 916. The zero-order valence-electron chi connectivity index (χ0n) is 21.9. The van der Waals surface area contributed by atoms with Crippen LogP contribution in [-0.2, 0) is 25.6 Å². The summed E-state index contributed by atoms with van der Waals surface area (Å²) in [4.78, 5) is 61.3. The second-order valence-electron chi connectivity index (χ2n) is 9.34. The number of aromatic nitrogens is 2. The first-order valence-electron chi connectivity index (χ1n) is 12.3. The van der Waals surface area contributed by atoms with E-state index in [0.717, 1.165) is 0 Å². The molecule has 0 spiro atoms. The summed E-state index contributed by atoms with van der Waals surface area (Å²) >= 11 is 0. The van der Waals surface area contributed by atoms with Crippen LogP contribution in [0.5, 0.6) is 0 Å². The van der Waals surface area contributed by atoms with Crippen LogP contribution in [0.1, 0.15) is 52.7 Å². The van der Waals surface area contributed by atoms with Crippen molar-refractivity contribution in [2.75, 3.05) is 6.54 Å². The van der Waals surface area contributed by atoms with Gasteiger partial charge in [-0.05, 0) is 24.7 Å². The summed E-state index contributed by atoms with van der Waals surface area (Å²) in [5, 5.41) is 17.3. The van der Waals surface area contributed by atoms with E-state index in [1.165, 1.54) is 12.5 Å². The smallest absolute Gasteiger partial charge is 0.326 e. The van der Waals surface area contributed by atoms with Crippen molar-refractivity contribution in [1.82, 2.24) is 25.9 Å². The van der Waals surface area contributed by atoms with Crippen LogP contribution in [0.4, 0.5) is 0 Å². The lowest BCUT2D eigenvalue weighted by Gasteiger charge is -2.28. The Morgan fingerprint density at radius 2 is 1.70 bits per heavy atom. The van der Waals surface area contributed by atoms with Crippen LogP contribution in [0.15, 0.2) is 17.5 Å². The quantitative estimate of drug-likeness (QED) is 0.0718. The van der Waals surface area contributed by atoms with E-state index in [4.69, 9.17) is 17.2 Å². The van der Waals surface area contributed by atoms with Crippen molar-refractivity contribution in [2.24, 2.45) is 34.0 Å². The number of hydrogen-bond donors (Lipinski definition) is 8. The topological polar surface area (TPSA) is 244 Å². The molecule has 1 rings (SSSR count). The fraction of sp³-hybridized carbons (Fsp3) is 0.652. The highest BCUT2D eigenvalue weighted by molar-refractivity contribution is 5.94. The number of H-pyrrole nitrogens is 1. The third-order valence-electron chi connectivity index (χ3n) is 5.94. The molecular formula is C23H41N9O5. The van der Waals surface area contributed by atoms with Gasteiger partial charge in [0.1, 0.15) is 18.1 Å². The molecule has 1 aromatic rings. The van der Waals surface area contributed by atoms with Crippen molar-refractivity contribution < 1.29 is 24.3 Å². The number of aromatic amines is 1. The van der Waals surface area contributed by atoms with Crippen LogP contribution in [0, 0.1) is 11.8 Å². The highest BCUT2D eigenvalue weighted by Gasteiger charge is 2.33. The van der Waals surface area contributed by atoms with Crippen LogP contribution in [0.25, 0.3) is 0 Å². The Kier molecular flexibility index (Phi) is 13.1. The average Bonchev–Trinajstić information content (AvgIpc) is 3.34. The van der Waals surface area contributed by atoms with Crippen molar-refractivity contribution in [2.45, 2.75) is 77.5 Å². The number of carbonyl (C=O) groups is 4. The number of carbonyl (C=O) groups excluding carboxylic acids is 3. The second-order valence-corrected chi connectivity index (χ2v) is 9.34. The van der Waals surface area contributed by atoms with Crippen LogP contribution >= 0.6 is 0 Å². The van der Waals surface area contributed by atoms with Gasteiger partial charge in [0.25, 0.3) is 0 Å². The SMILES string of the molecule is CCC(C)C(NC(=O)C(N)CCCN=C(N)N)C(=O)NC(Cc1cnc[nH]1)C(=O)NC(C(=O)O)C(C)C. The van der Waals surface area contributed by atoms with E-state index in [2.05, 4.69) is 30.9 Å². The normalized spacial score (nSPS) is 15.1. The molecule has 0 radical (unpaired) electrons. The minimum absolute atomic E-state index is 0.0352. The van der Waals surface area contributed by atoms with Gasteiger partial charge < -0.3 is 43.2 Å². The van der Waals surface area contributed by atoms with Gasteiger partial charge in [0.15, 0.2) is 5.96 Å². The number of hydrogen-bond acceptors (Lipinski definition) is 7. The van der Waals surface area contributed by atoms with Crippen LogP contribution in [0.2, 0.25) is 0 Å². The van der Waals surface area contributed by atoms with Crippen LogP contribution < -0.4 is 33.2 Å². The Labute approximate surface area is 216 Å². The summed E-state index contributed by atoms with van der Waals surface area (Å²) in [7, 11) is 0. The first kappa shape index (κ1) is 31.4. The second kappa shape index (κ2) is 15.4. The van der Waals surface area contributed by atoms with Crippen molar-refractivity contribution in [3.8, 4) is 0 Å². The number of aliphatic imine (C=N–C) groups is 1. The fourth-order valence-corrected chi connectivity index (χ4v) is 3.47. The standard InChI is InChI=1S/C23H41N9O5/c1-5-13(4)18(32-19(33)15(24)7-6-8-28-23(25)26)21(35)30-16(9-14-10-27-11-29-14)20(34)31-17(12(2)3)22(36)37/h10-13,15-18H,5-9,24H2,1-4H3,(H,27,29)(H,30,35)(H,31,34)(H,32,33)(H,36,37)(H4,25,26,28).